The van der Waals surface area contributed by atoms with Crippen molar-refractivity contribution in [2.75, 3.05) is 6.54 Å². The van der Waals surface area contributed by atoms with Gasteiger partial charge in [0, 0.05) is 16.1 Å². The third kappa shape index (κ3) is 3.78. The smallest absolute Gasteiger partial charge is 0.132 e. The molecule has 2 aromatic carbocycles. The van der Waals surface area contributed by atoms with E-state index in [9.17, 15) is 0 Å². The SMILES string of the molecule is CC(C)(C)c1ccccc1Oc1cccc(Cl)c1CCN. The summed E-state index contributed by atoms with van der Waals surface area (Å²) < 4.78 is 6.16. The first-order valence-electron chi connectivity index (χ1n) is 7.18. The fourth-order valence-corrected chi connectivity index (χ4v) is 2.58. The normalized spacial score (nSPS) is 11.5. The number of hydrogen-bond donors (Lipinski definition) is 1. The van der Waals surface area contributed by atoms with Crippen LogP contribution >= 0.6 is 11.6 Å². The molecule has 0 bridgehead atoms. The van der Waals surface area contributed by atoms with Crippen LogP contribution in [0.2, 0.25) is 5.02 Å². The van der Waals surface area contributed by atoms with E-state index in [0.717, 1.165) is 17.1 Å². The van der Waals surface area contributed by atoms with Gasteiger partial charge in [-0.15, -0.1) is 0 Å². The van der Waals surface area contributed by atoms with Crippen LogP contribution in [0.25, 0.3) is 0 Å². The fraction of sp³-hybridized carbons (Fsp3) is 0.333. The molecule has 0 saturated heterocycles. The Kier molecular flexibility index (Phi) is 4.92. The van der Waals surface area contributed by atoms with E-state index in [2.05, 4.69) is 26.8 Å². The number of benzene rings is 2. The summed E-state index contributed by atoms with van der Waals surface area (Å²) in [4.78, 5) is 0. The lowest BCUT2D eigenvalue weighted by molar-refractivity contribution is 0.450. The highest BCUT2D eigenvalue weighted by Crippen LogP contribution is 2.36. The number of halogens is 1. The third-order valence-electron chi connectivity index (χ3n) is 3.39. The summed E-state index contributed by atoms with van der Waals surface area (Å²) in [5, 5.41) is 0.700. The van der Waals surface area contributed by atoms with Crippen molar-refractivity contribution in [1.29, 1.82) is 0 Å². The zero-order chi connectivity index (χ0) is 15.5. The molecule has 0 spiro atoms. The maximum atomic E-state index is 6.27. The highest BCUT2D eigenvalue weighted by Gasteiger charge is 2.19. The van der Waals surface area contributed by atoms with Crippen LogP contribution < -0.4 is 10.5 Å². The first-order chi connectivity index (χ1) is 9.93. The maximum Gasteiger partial charge on any atom is 0.132 e. The molecule has 0 radical (unpaired) electrons. The van der Waals surface area contributed by atoms with Crippen LogP contribution in [0.4, 0.5) is 0 Å². The minimum absolute atomic E-state index is 0.0171. The summed E-state index contributed by atoms with van der Waals surface area (Å²) in [7, 11) is 0. The van der Waals surface area contributed by atoms with Gasteiger partial charge < -0.3 is 10.5 Å². The highest BCUT2D eigenvalue weighted by molar-refractivity contribution is 6.31. The Balaban J connectivity index is 2.42. The molecule has 0 aliphatic carbocycles. The molecule has 0 saturated carbocycles. The van der Waals surface area contributed by atoms with E-state index in [1.807, 2.05) is 36.4 Å². The van der Waals surface area contributed by atoms with Crippen molar-refractivity contribution in [3.63, 3.8) is 0 Å². The quantitative estimate of drug-likeness (QED) is 0.869. The van der Waals surface area contributed by atoms with Crippen molar-refractivity contribution >= 4 is 11.6 Å². The predicted molar refractivity (Wildman–Crippen MR) is 89.4 cm³/mol. The summed E-state index contributed by atoms with van der Waals surface area (Å²) in [6.07, 6.45) is 0.701. The summed E-state index contributed by atoms with van der Waals surface area (Å²) >= 11 is 6.27. The summed E-state index contributed by atoms with van der Waals surface area (Å²) in [5.74, 6) is 1.65. The monoisotopic (exact) mass is 303 g/mol. The Hall–Kier alpha value is -1.51. The number of rotatable bonds is 4. The predicted octanol–water partition coefficient (Wildman–Crippen LogP) is 4.93. The van der Waals surface area contributed by atoms with Gasteiger partial charge in [-0.3, -0.25) is 0 Å². The maximum absolute atomic E-state index is 6.27. The van der Waals surface area contributed by atoms with Crippen molar-refractivity contribution in [1.82, 2.24) is 0 Å². The molecule has 0 unspecified atom stereocenters. The van der Waals surface area contributed by atoms with Gasteiger partial charge in [-0.1, -0.05) is 56.6 Å². The average Bonchev–Trinajstić information content (AvgIpc) is 2.42. The van der Waals surface area contributed by atoms with Crippen LogP contribution in [0.5, 0.6) is 11.5 Å². The minimum atomic E-state index is 0.0171. The largest absolute Gasteiger partial charge is 0.457 e. The Bertz CT molecular complexity index is 617. The second-order valence-corrected chi connectivity index (χ2v) is 6.51. The van der Waals surface area contributed by atoms with Crippen molar-refractivity contribution < 1.29 is 4.74 Å². The van der Waals surface area contributed by atoms with E-state index in [1.54, 1.807) is 0 Å². The lowest BCUT2D eigenvalue weighted by Crippen LogP contribution is -2.12. The Morgan fingerprint density at radius 1 is 1.00 bits per heavy atom. The molecule has 0 aliphatic heterocycles. The molecular formula is C18H22ClNO. The molecule has 2 rings (SSSR count). The average molecular weight is 304 g/mol. The number of para-hydroxylation sites is 1. The first kappa shape index (κ1) is 15.9. The summed E-state index contributed by atoms with van der Waals surface area (Å²) in [6.45, 7) is 7.07. The molecule has 3 heteroatoms. The molecule has 0 heterocycles. The van der Waals surface area contributed by atoms with Gasteiger partial charge >= 0.3 is 0 Å². The van der Waals surface area contributed by atoms with Crippen molar-refractivity contribution in [3.05, 3.63) is 58.6 Å². The number of hydrogen-bond acceptors (Lipinski definition) is 2. The van der Waals surface area contributed by atoms with Crippen LogP contribution in [0.3, 0.4) is 0 Å². The van der Waals surface area contributed by atoms with Crippen molar-refractivity contribution in [2.45, 2.75) is 32.6 Å². The Labute approximate surface area is 131 Å². The first-order valence-corrected chi connectivity index (χ1v) is 7.56. The van der Waals surface area contributed by atoms with E-state index in [-0.39, 0.29) is 5.41 Å². The fourth-order valence-electron chi connectivity index (χ4n) is 2.32. The number of ether oxygens (including phenoxy) is 1. The van der Waals surface area contributed by atoms with Gasteiger partial charge in [0.25, 0.3) is 0 Å². The molecule has 2 nitrogen and oxygen atoms in total. The molecule has 0 fully saturated rings. The number of nitrogens with two attached hydrogens (primary N) is 1. The summed E-state index contributed by atoms with van der Waals surface area (Å²) in [6, 6.07) is 13.8. The van der Waals surface area contributed by atoms with Crippen LogP contribution in [0, 0.1) is 0 Å². The van der Waals surface area contributed by atoms with Gasteiger partial charge in [0.2, 0.25) is 0 Å². The van der Waals surface area contributed by atoms with Crippen molar-refractivity contribution in [3.8, 4) is 11.5 Å². The molecule has 0 atom stereocenters. The van der Waals surface area contributed by atoms with E-state index < -0.39 is 0 Å². The zero-order valence-electron chi connectivity index (χ0n) is 12.8. The van der Waals surface area contributed by atoms with Crippen LogP contribution in [-0.2, 0) is 11.8 Å². The molecule has 112 valence electrons. The van der Waals surface area contributed by atoms with Gasteiger partial charge in [0.15, 0.2) is 0 Å². The van der Waals surface area contributed by atoms with Crippen LogP contribution in [-0.4, -0.2) is 6.54 Å². The van der Waals surface area contributed by atoms with Gasteiger partial charge in [-0.05, 0) is 36.6 Å². The molecule has 2 N–H and O–H groups in total. The van der Waals surface area contributed by atoms with Gasteiger partial charge in [-0.25, -0.2) is 0 Å². The molecule has 21 heavy (non-hydrogen) atoms. The second kappa shape index (κ2) is 6.50. The second-order valence-electron chi connectivity index (χ2n) is 6.10. The zero-order valence-corrected chi connectivity index (χ0v) is 13.6. The molecule has 0 aliphatic rings. The molecule has 0 amide bonds. The lowest BCUT2D eigenvalue weighted by atomic mass is 9.86. The van der Waals surface area contributed by atoms with Crippen LogP contribution in [0.1, 0.15) is 31.9 Å². The summed E-state index contributed by atoms with van der Waals surface area (Å²) in [5.41, 5.74) is 7.83. The van der Waals surface area contributed by atoms with Gasteiger partial charge in [-0.2, -0.15) is 0 Å². The molecule has 0 aromatic heterocycles. The lowest BCUT2D eigenvalue weighted by Gasteiger charge is -2.23. The topological polar surface area (TPSA) is 35.2 Å². The Morgan fingerprint density at radius 3 is 2.33 bits per heavy atom. The third-order valence-corrected chi connectivity index (χ3v) is 3.74. The molecular weight excluding hydrogens is 282 g/mol. The Morgan fingerprint density at radius 2 is 1.67 bits per heavy atom. The van der Waals surface area contributed by atoms with Crippen molar-refractivity contribution in [2.24, 2.45) is 5.73 Å². The van der Waals surface area contributed by atoms with E-state index in [0.29, 0.717) is 18.0 Å². The minimum Gasteiger partial charge on any atom is -0.457 e. The molecule has 2 aromatic rings. The highest BCUT2D eigenvalue weighted by atomic mass is 35.5. The van der Waals surface area contributed by atoms with E-state index in [4.69, 9.17) is 22.1 Å². The van der Waals surface area contributed by atoms with Gasteiger partial charge in [0.05, 0.1) is 0 Å². The van der Waals surface area contributed by atoms with E-state index >= 15 is 0 Å². The standard InChI is InChI=1S/C18H22ClNO/c1-18(2,3)14-7-4-5-9-17(14)21-16-10-6-8-15(19)13(16)11-12-20/h4-10H,11-12,20H2,1-3H3. The van der Waals surface area contributed by atoms with E-state index in [1.165, 1.54) is 5.56 Å². The van der Waals surface area contributed by atoms with Crippen LogP contribution in [0.15, 0.2) is 42.5 Å². The van der Waals surface area contributed by atoms with Gasteiger partial charge in [0.1, 0.15) is 11.5 Å².